The van der Waals surface area contributed by atoms with E-state index in [4.69, 9.17) is 4.74 Å². The lowest BCUT2D eigenvalue weighted by molar-refractivity contribution is -0.156. The average Bonchev–Trinajstić information content (AvgIpc) is 3.15. The molecule has 0 radical (unpaired) electrons. The number of hydrogen-bond donors (Lipinski definition) is 1. The van der Waals surface area contributed by atoms with Crippen molar-refractivity contribution in [2.75, 3.05) is 6.67 Å². The van der Waals surface area contributed by atoms with Crippen molar-refractivity contribution >= 4 is 45.4 Å². The summed E-state index contributed by atoms with van der Waals surface area (Å²) < 4.78 is 19.7. The standard InChI is InChI=1S/C25H27FN2O5.C3H8/c1-25(2,3)33-24(32)14-18(21(29)15-26)27-22(30)12-13-23(31)28-19-10-6-4-8-16(19)17-9-5-7-11-20(17)28;1-3-2/h4-11,18H,12-15H2,1-3H3,(H,27,30);3H2,1-2H3. The first kappa shape index (κ1) is 28.7. The van der Waals surface area contributed by atoms with E-state index in [0.29, 0.717) is 0 Å². The van der Waals surface area contributed by atoms with Gasteiger partial charge in [-0.1, -0.05) is 56.7 Å². The number of benzene rings is 2. The van der Waals surface area contributed by atoms with Gasteiger partial charge in [-0.05, 0) is 32.9 Å². The van der Waals surface area contributed by atoms with Crippen LogP contribution in [-0.2, 0) is 19.1 Å². The third kappa shape index (κ3) is 7.73. The molecule has 7 nitrogen and oxygen atoms in total. The highest BCUT2D eigenvalue weighted by Gasteiger charge is 2.27. The number of para-hydroxylation sites is 2. The van der Waals surface area contributed by atoms with Gasteiger partial charge in [0.05, 0.1) is 17.5 Å². The Hall–Kier alpha value is -3.55. The molecule has 1 aromatic heterocycles. The number of ketones is 1. The lowest BCUT2D eigenvalue weighted by Gasteiger charge is -2.22. The molecule has 0 aliphatic heterocycles. The minimum absolute atomic E-state index is 0.128. The molecule has 0 saturated carbocycles. The van der Waals surface area contributed by atoms with Crippen LogP contribution in [0.1, 0.15) is 65.1 Å². The van der Waals surface area contributed by atoms with Gasteiger partial charge in [-0.25, -0.2) is 4.39 Å². The quantitative estimate of drug-likeness (QED) is 0.421. The molecule has 0 spiro atoms. The molecule has 1 N–H and O–H groups in total. The molecule has 1 amide bonds. The van der Waals surface area contributed by atoms with Crippen molar-refractivity contribution in [3.63, 3.8) is 0 Å². The molecule has 3 aromatic rings. The predicted molar refractivity (Wildman–Crippen MR) is 139 cm³/mol. The maximum Gasteiger partial charge on any atom is 0.308 e. The van der Waals surface area contributed by atoms with Crippen LogP contribution in [0.25, 0.3) is 21.8 Å². The fourth-order valence-corrected chi connectivity index (χ4v) is 3.68. The van der Waals surface area contributed by atoms with E-state index in [1.54, 1.807) is 25.3 Å². The number of aromatic nitrogens is 1. The van der Waals surface area contributed by atoms with E-state index < -0.39 is 42.4 Å². The van der Waals surface area contributed by atoms with Crippen LogP contribution in [0.2, 0.25) is 0 Å². The zero-order chi connectivity index (χ0) is 26.9. The molecule has 0 aliphatic carbocycles. The lowest BCUT2D eigenvalue weighted by Crippen LogP contribution is -2.44. The molecule has 36 heavy (non-hydrogen) atoms. The first-order valence-electron chi connectivity index (χ1n) is 12.1. The Morgan fingerprint density at radius 1 is 0.917 bits per heavy atom. The van der Waals surface area contributed by atoms with Gasteiger partial charge >= 0.3 is 5.97 Å². The van der Waals surface area contributed by atoms with Crippen molar-refractivity contribution in [1.82, 2.24) is 9.88 Å². The number of rotatable bonds is 8. The Morgan fingerprint density at radius 3 is 1.89 bits per heavy atom. The van der Waals surface area contributed by atoms with Gasteiger partial charge in [0.25, 0.3) is 0 Å². The number of ether oxygens (including phenoxy) is 1. The number of hydrogen-bond acceptors (Lipinski definition) is 5. The second-order valence-corrected chi connectivity index (χ2v) is 9.48. The van der Waals surface area contributed by atoms with Crippen molar-refractivity contribution in [1.29, 1.82) is 0 Å². The molecule has 2 aromatic carbocycles. The fourth-order valence-electron chi connectivity index (χ4n) is 3.68. The van der Waals surface area contributed by atoms with Crippen LogP contribution in [0.5, 0.6) is 0 Å². The topological polar surface area (TPSA) is 94.5 Å². The monoisotopic (exact) mass is 498 g/mol. The van der Waals surface area contributed by atoms with Gasteiger partial charge in [-0.2, -0.15) is 0 Å². The summed E-state index contributed by atoms with van der Waals surface area (Å²) in [6, 6.07) is 13.6. The number of Topliss-reactive ketones (excluding diaryl/α,β-unsaturated/α-hetero) is 1. The lowest BCUT2D eigenvalue weighted by atomic mass is 10.1. The number of esters is 1. The smallest absolute Gasteiger partial charge is 0.308 e. The molecule has 0 fully saturated rings. The van der Waals surface area contributed by atoms with Gasteiger partial charge in [0.1, 0.15) is 18.3 Å². The van der Waals surface area contributed by atoms with Crippen LogP contribution in [0.3, 0.4) is 0 Å². The molecule has 8 heteroatoms. The van der Waals surface area contributed by atoms with E-state index in [1.807, 2.05) is 48.5 Å². The Balaban J connectivity index is 0.00000145. The summed E-state index contributed by atoms with van der Waals surface area (Å²) in [7, 11) is 0. The van der Waals surface area contributed by atoms with Crippen LogP contribution < -0.4 is 5.32 Å². The minimum Gasteiger partial charge on any atom is -0.460 e. The number of nitrogens with one attached hydrogen (secondary N) is 1. The molecule has 0 aliphatic rings. The summed E-state index contributed by atoms with van der Waals surface area (Å²) in [5, 5.41) is 4.22. The highest BCUT2D eigenvalue weighted by atomic mass is 19.1. The second kappa shape index (κ2) is 13.0. The number of carbonyl (C=O) groups excluding carboxylic acids is 4. The molecule has 0 saturated heterocycles. The number of nitrogens with zero attached hydrogens (tertiary/aromatic N) is 1. The Kier molecular flexibility index (Phi) is 10.3. The molecule has 1 unspecified atom stereocenters. The van der Waals surface area contributed by atoms with Crippen LogP contribution in [0.4, 0.5) is 4.39 Å². The van der Waals surface area contributed by atoms with Crippen molar-refractivity contribution < 1.29 is 28.3 Å². The van der Waals surface area contributed by atoms with E-state index in [2.05, 4.69) is 19.2 Å². The zero-order valence-electron chi connectivity index (χ0n) is 21.6. The number of fused-ring (bicyclic) bond motifs is 3. The first-order chi connectivity index (χ1) is 17.0. The summed E-state index contributed by atoms with van der Waals surface area (Å²) >= 11 is 0. The summed E-state index contributed by atoms with van der Waals surface area (Å²) in [6.07, 6.45) is 0.425. The van der Waals surface area contributed by atoms with Gasteiger partial charge in [0, 0.05) is 23.6 Å². The molecular formula is C28H35FN2O5. The maximum absolute atomic E-state index is 13.0. The first-order valence-corrected chi connectivity index (χ1v) is 12.1. The predicted octanol–water partition coefficient (Wildman–Crippen LogP) is 5.39. The van der Waals surface area contributed by atoms with E-state index in [9.17, 15) is 23.6 Å². The Morgan fingerprint density at radius 2 is 1.42 bits per heavy atom. The van der Waals surface area contributed by atoms with E-state index in [-0.39, 0.29) is 18.7 Å². The average molecular weight is 499 g/mol. The van der Waals surface area contributed by atoms with Crippen LogP contribution in [-0.4, -0.2) is 46.5 Å². The SMILES string of the molecule is CC(C)(C)OC(=O)CC(NC(=O)CCC(=O)n1c2ccccc2c2ccccc21)C(=O)CF.CCC. The van der Waals surface area contributed by atoms with E-state index >= 15 is 0 Å². The molecule has 1 atom stereocenters. The summed E-state index contributed by atoms with van der Waals surface area (Å²) in [6.45, 7) is 7.91. The third-order valence-corrected chi connectivity index (χ3v) is 5.04. The van der Waals surface area contributed by atoms with Gasteiger partial charge in [0.15, 0.2) is 5.78 Å². The van der Waals surface area contributed by atoms with Crippen molar-refractivity contribution in [3.05, 3.63) is 48.5 Å². The maximum atomic E-state index is 13.0. The fraction of sp³-hybridized carbons (Fsp3) is 0.429. The van der Waals surface area contributed by atoms with Crippen LogP contribution >= 0.6 is 0 Å². The van der Waals surface area contributed by atoms with Gasteiger partial charge < -0.3 is 10.1 Å². The molecule has 3 rings (SSSR count). The van der Waals surface area contributed by atoms with E-state index in [0.717, 1.165) is 21.8 Å². The third-order valence-electron chi connectivity index (χ3n) is 5.04. The number of amides is 1. The van der Waals surface area contributed by atoms with Gasteiger partial charge in [0.2, 0.25) is 11.8 Å². The second-order valence-electron chi connectivity index (χ2n) is 9.48. The molecular weight excluding hydrogens is 463 g/mol. The van der Waals surface area contributed by atoms with Gasteiger partial charge in [-0.15, -0.1) is 0 Å². The minimum atomic E-state index is -1.35. The molecule has 194 valence electrons. The Labute approximate surface area is 211 Å². The van der Waals surface area contributed by atoms with Crippen molar-refractivity contribution in [2.24, 2.45) is 0 Å². The highest BCUT2D eigenvalue weighted by molar-refractivity contribution is 6.13. The summed E-state index contributed by atoms with van der Waals surface area (Å²) in [5.74, 6) is -2.57. The van der Waals surface area contributed by atoms with E-state index in [1.165, 1.54) is 6.42 Å². The number of alkyl halides is 1. The molecule has 0 bridgehead atoms. The Bertz CT molecular complexity index is 1170. The van der Waals surface area contributed by atoms with Gasteiger partial charge in [-0.3, -0.25) is 23.7 Å². The largest absolute Gasteiger partial charge is 0.460 e. The number of carbonyl (C=O) groups is 4. The zero-order valence-corrected chi connectivity index (χ0v) is 21.6. The highest BCUT2D eigenvalue weighted by Crippen LogP contribution is 2.29. The number of halogens is 1. The van der Waals surface area contributed by atoms with Crippen LogP contribution in [0.15, 0.2) is 48.5 Å². The normalized spacial score (nSPS) is 11.9. The summed E-state index contributed by atoms with van der Waals surface area (Å²) in [5.41, 5.74) is 0.693. The molecule has 1 heterocycles. The van der Waals surface area contributed by atoms with Crippen molar-refractivity contribution in [3.8, 4) is 0 Å². The van der Waals surface area contributed by atoms with Crippen molar-refractivity contribution in [2.45, 2.75) is 71.9 Å². The summed E-state index contributed by atoms with van der Waals surface area (Å²) in [4.78, 5) is 49.4. The van der Waals surface area contributed by atoms with Crippen LogP contribution in [0, 0.1) is 0 Å².